The number of nitrogens with one attached hydrogen (secondary N) is 1. The Balaban J connectivity index is 1.57. The maximum Gasteiger partial charge on any atom is 0.218 e. The number of sulfonamides is 1. The van der Waals surface area contributed by atoms with Gasteiger partial charge in [0.2, 0.25) is 10.0 Å². The van der Waals surface area contributed by atoms with Crippen LogP contribution in [0.3, 0.4) is 0 Å². The fraction of sp³-hybridized carbons (Fsp3) is 0.471. The summed E-state index contributed by atoms with van der Waals surface area (Å²) in [7, 11) is -3.60. The molecule has 2 aromatic heterocycles. The van der Waals surface area contributed by atoms with Crippen LogP contribution in [-0.2, 0) is 22.3 Å². The first-order chi connectivity index (χ1) is 12.4. The lowest BCUT2D eigenvalue weighted by atomic mass is 10.1. The van der Waals surface area contributed by atoms with Gasteiger partial charge in [-0.3, -0.25) is 0 Å². The van der Waals surface area contributed by atoms with Gasteiger partial charge in [-0.05, 0) is 25.0 Å². The molecule has 1 aliphatic heterocycles. The van der Waals surface area contributed by atoms with Crippen molar-refractivity contribution >= 4 is 21.0 Å². The number of para-hydroxylation sites is 1. The Morgan fingerprint density at radius 1 is 1.35 bits per heavy atom. The van der Waals surface area contributed by atoms with Gasteiger partial charge in [0.15, 0.2) is 11.4 Å². The lowest BCUT2D eigenvalue weighted by Crippen LogP contribution is -2.34. The lowest BCUT2D eigenvalue weighted by molar-refractivity contribution is 0.399. The first kappa shape index (κ1) is 17.2. The predicted octanol–water partition coefficient (Wildman–Crippen LogP) is 2.50. The van der Waals surface area contributed by atoms with E-state index in [9.17, 15) is 8.42 Å². The minimum absolute atomic E-state index is 0.201. The summed E-state index contributed by atoms with van der Waals surface area (Å²) in [6.45, 7) is 4.81. The molecule has 0 bridgehead atoms. The maximum absolute atomic E-state index is 12.7. The van der Waals surface area contributed by atoms with Crippen LogP contribution in [-0.4, -0.2) is 28.3 Å². The molecule has 0 radical (unpaired) electrons. The van der Waals surface area contributed by atoms with E-state index in [2.05, 4.69) is 20.0 Å². The van der Waals surface area contributed by atoms with Crippen molar-refractivity contribution in [3.8, 4) is 0 Å². The molecule has 0 aliphatic carbocycles. The van der Waals surface area contributed by atoms with Gasteiger partial charge >= 0.3 is 0 Å². The Morgan fingerprint density at radius 2 is 2.15 bits per heavy atom. The van der Waals surface area contributed by atoms with Crippen LogP contribution < -0.4 is 4.72 Å². The maximum atomic E-state index is 12.7. The molecular formula is C17H21N5O3S. The highest BCUT2D eigenvalue weighted by Crippen LogP contribution is 2.26. The van der Waals surface area contributed by atoms with Gasteiger partial charge in [-0.1, -0.05) is 31.1 Å². The van der Waals surface area contributed by atoms with E-state index in [1.165, 1.54) is 0 Å². The van der Waals surface area contributed by atoms with Crippen LogP contribution in [0.5, 0.6) is 0 Å². The molecule has 138 valence electrons. The van der Waals surface area contributed by atoms with Gasteiger partial charge in [-0.25, -0.2) is 22.8 Å². The smallest absolute Gasteiger partial charge is 0.218 e. The number of aryl methyl sites for hydroxylation is 1. The Bertz CT molecular complexity index is 1040. The van der Waals surface area contributed by atoms with Crippen molar-refractivity contribution < 1.29 is 12.9 Å². The van der Waals surface area contributed by atoms with Crippen molar-refractivity contribution in [3.05, 3.63) is 41.6 Å². The molecule has 3 heterocycles. The van der Waals surface area contributed by atoms with E-state index in [0.29, 0.717) is 28.9 Å². The lowest BCUT2D eigenvalue weighted by Gasteiger charge is -2.22. The molecule has 4 rings (SSSR count). The van der Waals surface area contributed by atoms with E-state index >= 15 is 0 Å². The van der Waals surface area contributed by atoms with Gasteiger partial charge in [0.05, 0.1) is 6.04 Å². The van der Waals surface area contributed by atoms with Gasteiger partial charge in [0.25, 0.3) is 0 Å². The number of aromatic nitrogens is 4. The monoisotopic (exact) mass is 375 g/mol. The SMILES string of the molecule is CC(C)c1nc2n(n1)CCC[C@H]2NS(=O)(=O)Cc1noc2ccccc12. The Morgan fingerprint density at radius 3 is 2.96 bits per heavy atom. The first-order valence-corrected chi connectivity index (χ1v) is 10.4. The number of hydrogen-bond donors (Lipinski definition) is 1. The molecule has 26 heavy (non-hydrogen) atoms. The largest absolute Gasteiger partial charge is 0.356 e. The van der Waals surface area contributed by atoms with E-state index in [0.717, 1.165) is 18.8 Å². The van der Waals surface area contributed by atoms with Crippen molar-refractivity contribution in [1.82, 2.24) is 24.6 Å². The second kappa shape index (κ2) is 6.48. The second-order valence-corrected chi connectivity index (χ2v) is 8.66. The van der Waals surface area contributed by atoms with Crippen LogP contribution >= 0.6 is 0 Å². The van der Waals surface area contributed by atoms with E-state index in [1.807, 2.05) is 36.7 Å². The molecule has 1 atom stereocenters. The Labute approximate surface area is 151 Å². The molecule has 0 saturated carbocycles. The highest BCUT2D eigenvalue weighted by atomic mass is 32.2. The Kier molecular flexibility index (Phi) is 4.28. The molecule has 8 nitrogen and oxygen atoms in total. The van der Waals surface area contributed by atoms with Crippen molar-refractivity contribution in [2.75, 3.05) is 0 Å². The average molecular weight is 375 g/mol. The van der Waals surface area contributed by atoms with E-state index in [1.54, 1.807) is 6.07 Å². The molecule has 1 aliphatic rings. The summed E-state index contributed by atoms with van der Waals surface area (Å²) in [6.07, 6.45) is 1.56. The van der Waals surface area contributed by atoms with Gasteiger partial charge < -0.3 is 4.52 Å². The molecule has 1 aromatic carbocycles. The second-order valence-electron chi connectivity index (χ2n) is 6.90. The van der Waals surface area contributed by atoms with Crippen molar-refractivity contribution in [2.45, 2.75) is 50.9 Å². The summed E-state index contributed by atoms with van der Waals surface area (Å²) in [6, 6.07) is 6.86. The van der Waals surface area contributed by atoms with Gasteiger partial charge in [0, 0.05) is 17.8 Å². The fourth-order valence-corrected chi connectivity index (χ4v) is 4.51. The third kappa shape index (κ3) is 3.24. The van der Waals surface area contributed by atoms with Crippen LogP contribution in [0.25, 0.3) is 11.0 Å². The minimum atomic E-state index is -3.60. The molecule has 0 spiro atoms. The normalized spacial score (nSPS) is 17.7. The number of rotatable bonds is 5. The summed E-state index contributed by atoms with van der Waals surface area (Å²) < 4.78 is 35.2. The van der Waals surface area contributed by atoms with Crippen molar-refractivity contribution in [1.29, 1.82) is 0 Å². The van der Waals surface area contributed by atoms with Crippen LogP contribution in [0.1, 0.15) is 56.0 Å². The zero-order valence-electron chi connectivity index (χ0n) is 14.7. The third-order valence-corrected chi connectivity index (χ3v) is 5.81. The summed E-state index contributed by atoms with van der Waals surface area (Å²) in [5.74, 6) is 1.40. The first-order valence-electron chi connectivity index (χ1n) is 8.71. The number of hydrogen-bond acceptors (Lipinski definition) is 6. The van der Waals surface area contributed by atoms with Crippen LogP contribution in [0, 0.1) is 0 Å². The molecule has 0 unspecified atom stereocenters. The number of fused-ring (bicyclic) bond motifs is 2. The summed E-state index contributed by atoms with van der Waals surface area (Å²) >= 11 is 0. The van der Waals surface area contributed by atoms with E-state index < -0.39 is 10.0 Å². The van der Waals surface area contributed by atoms with E-state index in [4.69, 9.17) is 4.52 Å². The molecule has 0 saturated heterocycles. The zero-order valence-corrected chi connectivity index (χ0v) is 15.5. The van der Waals surface area contributed by atoms with Gasteiger partial charge in [-0.15, -0.1) is 0 Å². The quantitative estimate of drug-likeness (QED) is 0.735. The van der Waals surface area contributed by atoms with Crippen LogP contribution in [0.4, 0.5) is 0 Å². The summed E-state index contributed by atoms with van der Waals surface area (Å²) in [4.78, 5) is 4.55. The predicted molar refractivity (Wildman–Crippen MR) is 95.9 cm³/mol. The van der Waals surface area contributed by atoms with Gasteiger partial charge in [0.1, 0.15) is 17.3 Å². The topological polar surface area (TPSA) is 103 Å². The molecular weight excluding hydrogens is 354 g/mol. The van der Waals surface area contributed by atoms with Crippen LogP contribution in [0.2, 0.25) is 0 Å². The summed E-state index contributed by atoms with van der Waals surface area (Å²) in [5.41, 5.74) is 0.991. The highest BCUT2D eigenvalue weighted by molar-refractivity contribution is 7.88. The Hall–Kier alpha value is -2.26. The van der Waals surface area contributed by atoms with Crippen molar-refractivity contribution in [2.24, 2.45) is 0 Å². The van der Waals surface area contributed by atoms with Gasteiger partial charge in [-0.2, -0.15) is 5.10 Å². The molecule has 1 N–H and O–H groups in total. The molecule has 3 aromatic rings. The van der Waals surface area contributed by atoms with Crippen molar-refractivity contribution in [3.63, 3.8) is 0 Å². The fourth-order valence-electron chi connectivity index (χ4n) is 3.21. The third-order valence-electron chi connectivity index (χ3n) is 4.51. The molecule has 0 amide bonds. The minimum Gasteiger partial charge on any atom is -0.356 e. The number of benzene rings is 1. The average Bonchev–Trinajstić information content (AvgIpc) is 3.20. The molecule has 9 heteroatoms. The van der Waals surface area contributed by atoms with E-state index in [-0.39, 0.29) is 17.7 Å². The number of nitrogens with zero attached hydrogens (tertiary/aromatic N) is 4. The standard InChI is InChI=1S/C17H21N5O3S/c1-11(2)16-18-17-13(7-5-9-22(17)19-16)21-26(23,24)10-14-12-6-3-4-8-15(12)25-20-14/h3-4,6,8,11,13,21H,5,7,9-10H2,1-2H3/t13-/m1/s1. The zero-order chi connectivity index (χ0) is 18.3. The van der Waals surface area contributed by atoms with Crippen LogP contribution in [0.15, 0.2) is 28.8 Å². The summed E-state index contributed by atoms with van der Waals surface area (Å²) in [5, 5.41) is 9.12. The highest BCUT2D eigenvalue weighted by Gasteiger charge is 2.29. The molecule has 0 fully saturated rings.